The van der Waals surface area contributed by atoms with Gasteiger partial charge in [-0.05, 0) is 0 Å². The van der Waals surface area contributed by atoms with Gasteiger partial charge in [-0.2, -0.15) is 0 Å². The molecule has 0 aromatic heterocycles. The van der Waals surface area contributed by atoms with Crippen LogP contribution in [-0.2, 0) is 9.53 Å². The van der Waals surface area contributed by atoms with Gasteiger partial charge in [0.2, 0.25) is 0 Å². The zero-order valence-corrected chi connectivity index (χ0v) is 14.3. The van der Waals surface area contributed by atoms with Crippen molar-refractivity contribution in [3.05, 3.63) is 30.3 Å². The molecule has 1 atom stereocenters. The predicted molar refractivity (Wildman–Crippen MR) is 84.1 cm³/mol. The molecule has 0 heterocycles. The van der Waals surface area contributed by atoms with Gasteiger partial charge >= 0.3 is 128 Å². The third kappa shape index (κ3) is 6.39. The van der Waals surface area contributed by atoms with Gasteiger partial charge < -0.3 is 0 Å². The first-order valence-corrected chi connectivity index (χ1v) is 8.52. The Morgan fingerprint density at radius 3 is 2.50 bits per heavy atom. The first kappa shape index (κ1) is 17.0. The van der Waals surface area contributed by atoms with E-state index in [1.165, 1.54) is 4.46 Å². The summed E-state index contributed by atoms with van der Waals surface area (Å²) in [5, 5.41) is 0. The van der Waals surface area contributed by atoms with E-state index in [1.54, 1.807) is 0 Å². The number of benzene rings is 1. The van der Waals surface area contributed by atoms with Gasteiger partial charge in [-0.3, -0.25) is 0 Å². The number of hydrogen-bond donors (Lipinski definition) is 0. The monoisotopic (exact) mass is 338 g/mol. The molecule has 0 aliphatic carbocycles. The predicted octanol–water partition coefficient (Wildman–Crippen LogP) is 2.39. The molecule has 2 nitrogen and oxygen atoms in total. The van der Waals surface area contributed by atoms with E-state index in [-0.39, 0.29) is 32.3 Å². The molecule has 108 valence electrons. The standard InChI is InChI=1S/C17H22O2Se/c1-5-19-14(13-16(18)17(2,3)4)11-12-20-15-9-7-6-8-10-15/h6-10,14H,5,13H2,1-4H3. The third-order valence-electron chi connectivity index (χ3n) is 2.71. The number of Topliss-reactive ketones (excluding diaryl/α,β-unsaturated/α-hetero) is 1. The molecule has 0 aliphatic rings. The molecule has 0 bridgehead atoms. The Balaban J connectivity index is 2.62. The van der Waals surface area contributed by atoms with Gasteiger partial charge in [0.25, 0.3) is 0 Å². The zero-order chi connectivity index (χ0) is 15.0. The Hall–Kier alpha value is -1.07. The van der Waals surface area contributed by atoms with Crippen LogP contribution in [0.3, 0.4) is 0 Å². The summed E-state index contributed by atoms with van der Waals surface area (Å²) in [7, 11) is 0. The molecule has 0 saturated carbocycles. The van der Waals surface area contributed by atoms with Gasteiger partial charge in [0, 0.05) is 0 Å². The topological polar surface area (TPSA) is 26.3 Å². The van der Waals surface area contributed by atoms with Crippen molar-refractivity contribution >= 4 is 25.2 Å². The van der Waals surface area contributed by atoms with Crippen LogP contribution in [-0.4, -0.2) is 33.5 Å². The Kier molecular flexibility index (Phi) is 7.02. The second-order valence-electron chi connectivity index (χ2n) is 5.48. The fourth-order valence-electron chi connectivity index (χ4n) is 1.47. The van der Waals surface area contributed by atoms with Gasteiger partial charge in [0.15, 0.2) is 0 Å². The Labute approximate surface area is 128 Å². The van der Waals surface area contributed by atoms with Crippen molar-refractivity contribution in [2.24, 2.45) is 5.41 Å². The van der Waals surface area contributed by atoms with E-state index in [0.29, 0.717) is 13.0 Å². The van der Waals surface area contributed by atoms with Gasteiger partial charge in [0.1, 0.15) is 0 Å². The normalized spacial score (nSPS) is 12.4. The van der Waals surface area contributed by atoms with E-state index in [0.717, 1.165) is 0 Å². The summed E-state index contributed by atoms with van der Waals surface area (Å²) in [6.07, 6.45) is 0.0900. The summed E-state index contributed by atoms with van der Waals surface area (Å²) in [6, 6.07) is 10.2. The number of hydrogen-bond acceptors (Lipinski definition) is 2. The molecule has 0 radical (unpaired) electrons. The van der Waals surface area contributed by atoms with E-state index in [2.05, 4.69) is 22.9 Å². The second kappa shape index (κ2) is 8.27. The van der Waals surface area contributed by atoms with E-state index in [9.17, 15) is 4.79 Å². The number of rotatable bonds is 5. The van der Waals surface area contributed by atoms with Crippen molar-refractivity contribution in [3.8, 4) is 10.7 Å². The fraction of sp³-hybridized carbons (Fsp3) is 0.471. The van der Waals surface area contributed by atoms with Crippen molar-refractivity contribution in [1.29, 1.82) is 0 Å². The molecular formula is C17H22O2Se. The summed E-state index contributed by atoms with van der Waals surface area (Å²) in [5.41, 5.74) is -0.332. The number of carbonyl (C=O) groups excluding carboxylic acids is 1. The van der Waals surface area contributed by atoms with Crippen molar-refractivity contribution in [2.75, 3.05) is 6.61 Å². The van der Waals surface area contributed by atoms with Crippen LogP contribution in [0.4, 0.5) is 0 Å². The van der Waals surface area contributed by atoms with Crippen molar-refractivity contribution < 1.29 is 9.53 Å². The second-order valence-corrected chi connectivity index (χ2v) is 7.33. The molecule has 3 heteroatoms. The molecule has 0 amide bonds. The molecular weight excluding hydrogens is 315 g/mol. The van der Waals surface area contributed by atoms with E-state index >= 15 is 0 Å². The SMILES string of the molecule is CCOC(C#C[Se]c1ccccc1)CC(=O)C(C)(C)C. The van der Waals surface area contributed by atoms with Crippen LogP contribution in [0, 0.1) is 16.2 Å². The van der Waals surface area contributed by atoms with Gasteiger partial charge in [-0.15, -0.1) is 0 Å². The van der Waals surface area contributed by atoms with Crippen LogP contribution in [0.2, 0.25) is 0 Å². The number of ether oxygens (including phenoxy) is 1. The van der Waals surface area contributed by atoms with Crippen LogP contribution in [0.15, 0.2) is 30.3 Å². The van der Waals surface area contributed by atoms with Gasteiger partial charge in [0.05, 0.1) is 0 Å². The molecule has 1 aromatic rings. The van der Waals surface area contributed by atoms with Crippen molar-refractivity contribution in [3.63, 3.8) is 0 Å². The Morgan fingerprint density at radius 1 is 1.30 bits per heavy atom. The van der Waals surface area contributed by atoms with Gasteiger partial charge in [-0.25, -0.2) is 0 Å². The summed E-state index contributed by atoms with van der Waals surface area (Å²) in [4.78, 5) is 15.2. The first-order valence-electron chi connectivity index (χ1n) is 6.81. The van der Waals surface area contributed by atoms with Crippen LogP contribution in [0.5, 0.6) is 0 Å². The van der Waals surface area contributed by atoms with Gasteiger partial charge in [-0.1, -0.05) is 0 Å². The van der Waals surface area contributed by atoms with Crippen LogP contribution >= 0.6 is 0 Å². The Morgan fingerprint density at radius 2 is 1.95 bits per heavy atom. The summed E-state index contributed by atoms with van der Waals surface area (Å²) >= 11 is 0.112. The molecule has 0 saturated heterocycles. The molecule has 0 fully saturated rings. The Bertz CT molecular complexity index is 477. The van der Waals surface area contributed by atoms with E-state index in [4.69, 9.17) is 4.74 Å². The van der Waals surface area contributed by atoms with Crippen LogP contribution in [0.25, 0.3) is 0 Å². The van der Waals surface area contributed by atoms with E-state index < -0.39 is 0 Å². The summed E-state index contributed by atoms with van der Waals surface area (Å²) in [5.74, 6) is 3.30. The molecule has 0 N–H and O–H groups in total. The minimum atomic E-state index is -0.332. The maximum atomic E-state index is 12.0. The summed E-state index contributed by atoms with van der Waals surface area (Å²) in [6.45, 7) is 8.30. The van der Waals surface area contributed by atoms with E-state index in [1.807, 2.05) is 45.9 Å². The van der Waals surface area contributed by atoms with Crippen molar-refractivity contribution in [2.45, 2.75) is 40.2 Å². The number of carbonyl (C=O) groups is 1. The minimum absolute atomic E-state index is 0.112. The molecule has 1 rings (SSSR count). The molecule has 0 aliphatic heterocycles. The van der Waals surface area contributed by atoms with Crippen LogP contribution in [0.1, 0.15) is 34.1 Å². The van der Waals surface area contributed by atoms with Crippen molar-refractivity contribution in [1.82, 2.24) is 0 Å². The summed E-state index contributed by atoms with van der Waals surface area (Å²) < 4.78 is 6.80. The molecule has 20 heavy (non-hydrogen) atoms. The average Bonchev–Trinajstić information content (AvgIpc) is 2.39. The molecule has 0 spiro atoms. The average molecular weight is 337 g/mol. The third-order valence-corrected chi connectivity index (χ3v) is 4.23. The number of ketones is 1. The zero-order valence-electron chi connectivity index (χ0n) is 12.6. The molecule has 1 unspecified atom stereocenters. The van der Waals surface area contributed by atoms with Crippen LogP contribution < -0.4 is 4.46 Å². The fourth-order valence-corrected chi connectivity index (χ4v) is 2.73. The quantitative estimate of drug-likeness (QED) is 0.609. The molecule has 1 aromatic carbocycles. The first-order chi connectivity index (χ1) is 9.43. The maximum absolute atomic E-state index is 12.0.